The zero-order chi connectivity index (χ0) is 24.4. The number of aromatic nitrogens is 2. The summed E-state index contributed by atoms with van der Waals surface area (Å²) in [6, 6.07) is 2.03. The number of nitrogens with zero attached hydrogens (tertiary/aromatic N) is 2. The average Bonchev–Trinajstić information content (AvgIpc) is 3.33. The first kappa shape index (κ1) is 24.9. The number of hydrogen-bond acceptors (Lipinski definition) is 7. The van der Waals surface area contributed by atoms with Crippen molar-refractivity contribution in [1.29, 1.82) is 0 Å². The fraction of sp³-hybridized carbons (Fsp3) is 0.417. The Hall–Kier alpha value is -2.78. The molecule has 0 unspecified atom stereocenters. The van der Waals surface area contributed by atoms with E-state index in [9.17, 15) is 19.8 Å². The summed E-state index contributed by atoms with van der Waals surface area (Å²) < 4.78 is 6.29. The van der Waals surface area contributed by atoms with Crippen molar-refractivity contribution in [3.8, 4) is 26.9 Å². The van der Waals surface area contributed by atoms with Crippen molar-refractivity contribution in [2.45, 2.75) is 54.4 Å². The molecule has 1 aromatic carbocycles. The van der Waals surface area contributed by atoms with Crippen LogP contribution < -0.4 is 4.74 Å². The van der Waals surface area contributed by atoms with Crippen LogP contribution in [0, 0.1) is 19.8 Å². The summed E-state index contributed by atoms with van der Waals surface area (Å²) >= 11 is 2.28. The van der Waals surface area contributed by atoms with Gasteiger partial charge in [0.05, 0.1) is 23.6 Å². The third kappa shape index (κ3) is 4.94. The van der Waals surface area contributed by atoms with Crippen LogP contribution in [0.5, 0.6) is 5.75 Å². The Balaban J connectivity index is 2.37. The highest BCUT2D eigenvalue weighted by Gasteiger charge is 2.27. The van der Waals surface area contributed by atoms with Crippen molar-refractivity contribution >= 4 is 34.6 Å². The SMILES string of the molecule is CCc1cc(-c2nc(C)c(C(=O)O)s2)c(CC)c(-c2nc(C)c(C(=O)O)s2)c1OCC(C)C. The molecule has 0 aliphatic rings. The molecule has 3 aromatic rings. The maximum absolute atomic E-state index is 11.7. The number of rotatable bonds is 9. The Morgan fingerprint density at radius 3 is 1.97 bits per heavy atom. The molecule has 0 amide bonds. The minimum absolute atomic E-state index is 0.198. The molecule has 0 bridgehead atoms. The zero-order valence-electron chi connectivity index (χ0n) is 19.6. The fourth-order valence-corrected chi connectivity index (χ4v) is 5.56. The number of ether oxygens (including phenoxy) is 1. The van der Waals surface area contributed by atoms with Gasteiger partial charge in [-0.15, -0.1) is 22.7 Å². The first-order valence-electron chi connectivity index (χ1n) is 10.8. The summed E-state index contributed by atoms with van der Waals surface area (Å²) in [5.74, 6) is -0.986. The van der Waals surface area contributed by atoms with Crippen LogP contribution in [0.2, 0.25) is 0 Å². The Morgan fingerprint density at radius 2 is 1.52 bits per heavy atom. The third-order valence-electron chi connectivity index (χ3n) is 5.19. The predicted molar refractivity (Wildman–Crippen MR) is 131 cm³/mol. The van der Waals surface area contributed by atoms with E-state index in [2.05, 4.69) is 23.8 Å². The van der Waals surface area contributed by atoms with Crippen LogP contribution in [0.25, 0.3) is 21.1 Å². The van der Waals surface area contributed by atoms with Crippen LogP contribution in [0.15, 0.2) is 6.07 Å². The van der Waals surface area contributed by atoms with Crippen molar-refractivity contribution in [2.75, 3.05) is 6.61 Å². The van der Waals surface area contributed by atoms with Crippen LogP contribution in [-0.4, -0.2) is 38.7 Å². The van der Waals surface area contributed by atoms with Gasteiger partial charge in [-0.25, -0.2) is 19.6 Å². The molecule has 176 valence electrons. The molecule has 2 heterocycles. The maximum Gasteiger partial charge on any atom is 0.347 e. The lowest BCUT2D eigenvalue weighted by molar-refractivity contribution is 0.0690. The highest BCUT2D eigenvalue weighted by Crippen LogP contribution is 2.45. The lowest BCUT2D eigenvalue weighted by Crippen LogP contribution is -2.09. The molecule has 0 fully saturated rings. The topological polar surface area (TPSA) is 110 Å². The van der Waals surface area contributed by atoms with Gasteiger partial charge in [0, 0.05) is 5.56 Å². The standard InChI is InChI=1S/C24H28N2O5S2/c1-7-14-9-16(21-25-12(5)19(32-21)23(27)28)15(8-2)17(18(14)31-10-11(3)4)22-26-13(6)20(33-22)24(29)30/h9,11H,7-8,10H2,1-6H3,(H,27,28)(H,29,30). The molecule has 0 aliphatic carbocycles. The van der Waals surface area contributed by atoms with Crippen LogP contribution in [-0.2, 0) is 12.8 Å². The molecule has 33 heavy (non-hydrogen) atoms. The number of benzene rings is 1. The molecule has 2 aromatic heterocycles. The molecule has 9 heteroatoms. The summed E-state index contributed by atoms with van der Waals surface area (Å²) in [5.41, 5.74) is 4.42. The first-order valence-corrected chi connectivity index (χ1v) is 12.5. The molecule has 0 aliphatic heterocycles. The number of hydrogen-bond donors (Lipinski definition) is 2. The monoisotopic (exact) mass is 488 g/mol. The Labute approximate surface area is 201 Å². The van der Waals surface area contributed by atoms with Gasteiger partial charge in [0.15, 0.2) is 0 Å². The Kier molecular flexibility index (Phi) is 7.54. The first-order chi connectivity index (χ1) is 15.6. The van der Waals surface area contributed by atoms with Crippen molar-refractivity contribution in [3.05, 3.63) is 38.3 Å². The van der Waals surface area contributed by atoms with Gasteiger partial charge in [0.2, 0.25) is 0 Å². The number of aryl methyl sites for hydroxylation is 3. The largest absolute Gasteiger partial charge is 0.492 e. The average molecular weight is 489 g/mol. The Morgan fingerprint density at radius 1 is 0.970 bits per heavy atom. The molecule has 0 radical (unpaired) electrons. The molecule has 0 atom stereocenters. The van der Waals surface area contributed by atoms with Gasteiger partial charge in [-0.1, -0.05) is 27.7 Å². The van der Waals surface area contributed by atoms with Crippen molar-refractivity contribution < 1.29 is 24.5 Å². The third-order valence-corrected chi connectivity index (χ3v) is 7.53. The maximum atomic E-state index is 11.7. The van der Waals surface area contributed by atoms with Crippen LogP contribution >= 0.6 is 22.7 Å². The van der Waals surface area contributed by atoms with Crippen molar-refractivity contribution in [1.82, 2.24) is 9.97 Å². The quantitative estimate of drug-likeness (QED) is 0.374. The van der Waals surface area contributed by atoms with E-state index in [0.717, 1.165) is 44.9 Å². The van der Waals surface area contributed by atoms with E-state index in [1.807, 2.05) is 19.9 Å². The van der Waals surface area contributed by atoms with Gasteiger partial charge in [-0.2, -0.15) is 0 Å². The number of carboxylic acid groups (broad SMARTS) is 2. The van der Waals surface area contributed by atoms with E-state index >= 15 is 0 Å². The summed E-state index contributed by atoms with van der Waals surface area (Å²) in [4.78, 5) is 32.9. The molecular formula is C24H28N2O5S2. The highest BCUT2D eigenvalue weighted by molar-refractivity contribution is 7.17. The normalized spacial score (nSPS) is 11.2. The summed E-state index contributed by atoms with van der Waals surface area (Å²) in [6.45, 7) is 12.1. The molecule has 0 saturated heterocycles. The van der Waals surface area contributed by atoms with E-state index in [4.69, 9.17) is 4.74 Å². The van der Waals surface area contributed by atoms with Crippen LogP contribution in [0.3, 0.4) is 0 Å². The molecule has 0 spiro atoms. The molecule has 7 nitrogen and oxygen atoms in total. The molecule has 3 rings (SSSR count). The van der Waals surface area contributed by atoms with E-state index < -0.39 is 11.9 Å². The molecule has 0 saturated carbocycles. The van der Waals surface area contributed by atoms with Crippen molar-refractivity contribution in [2.24, 2.45) is 5.92 Å². The lowest BCUT2D eigenvalue weighted by atomic mass is 9.93. The second-order valence-electron chi connectivity index (χ2n) is 8.16. The smallest absolute Gasteiger partial charge is 0.347 e. The predicted octanol–water partition coefficient (Wildman–Crippen LogP) is 6.11. The van der Waals surface area contributed by atoms with Gasteiger partial charge in [0.1, 0.15) is 25.5 Å². The molecular weight excluding hydrogens is 460 g/mol. The number of thiazole rings is 2. The minimum Gasteiger partial charge on any atom is -0.492 e. The van der Waals surface area contributed by atoms with E-state index in [-0.39, 0.29) is 9.75 Å². The van der Waals surface area contributed by atoms with E-state index in [1.165, 1.54) is 0 Å². The molecule has 2 N–H and O–H groups in total. The van der Waals surface area contributed by atoms with Gasteiger partial charge in [-0.3, -0.25) is 0 Å². The minimum atomic E-state index is -1.01. The summed E-state index contributed by atoms with van der Waals surface area (Å²) in [6.07, 6.45) is 1.30. The fourth-order valence-electron chi connectivity index (χ4n) is 3.63. The van der Waals surface area contributed by atoms with Gasteiger partial charge >= 0.3 is 11.9 Å². The van der Waals surface area contributed by atoms with E-state index in [1.54, 1.807) is 13.8 Å². The lowest BCUT2D eigenvalue weighted by Gasteiger charge is -2.21. The zero-order valence-corrected chi connectivity index (χ0v) is 21.2. The van der Waals surface area contributed by atoms with Crippen LogP contribution in [0.1, 0.15) is 69.6 Å². The second-order valence-corrected chi connectivity index (χ2v) is 10.2. The van der Waals surface area contributed by atoms with Crippen LogP contribution in [0.4, 0.5) is 0 Å². The van der Waals surface area contributed by atoms with Gasteiger partial charge in [-0.05, 0) is 49.8 Å². The van der Waals surface area contributed by atoms with Crippen molar-refractivity contribution in [3.63, 3.8) is 0 Å². The van der Waals surface area contributed by atoms with E-state index in [0.29, 0.717) is 52.5 Å². The highest BCUT2D eigenvalue weighted by atomic mass is 32.1. The second kappa shape index (κ2) is 10.0. The Bertz CT molecular complexity index is 1210. The summed E-state index contributed by atoms with van der Waals surface area (Å²) in [5, 5.41) is 20.3. The van der Waals surface area contributed by atoms with Gasteiger partial charge < -0.3 is 14.9 Å². The summed E-state index contributed by atoms with van der Waals surface area (Å²) in [7, 11) is 0. The number of aromatic carboxylic acids is 2. The van der Waals surface area contributed by atoms with Gasteiger partial charge in [0.25, 0.3) is 0 Å². The number of carboxylic acids is 2. The number of carbonyl (C=O) groups is 2.